The van der Waals surface area contributed by atoms with Crippen LogP contribution in [0.5, 0.6) is 0 Å². The maximum Gasteiger partial charge on any atom is 0.223 e. The molecule has 1 fully saturated rings. The minimum atomic E-state index is 0.0548. The van der Waals surface area contributed by atoms with E-state index in [1.807, 2.05) is 13.2 Å². The van der Waals surface area contributed by atoms with E-state index in [0.717, 1.165) is 31.8 Å². The van der Waals surface area contributed by atoms with Crippen molar-refractivity contribution >= 4 is 17.7 Å². The summed E-state index contributed by atoms with van der Waals surface area (Å²) in [6.45, 7) is 4.14. The van der Waals surface area contributed by atoms with Crippen LogP contribution < -0.4 is 5.32 Å². The minimum absolute atomic E-state index is 0.0548. The van der Waals surface area contributed by atoms with Gasteiger partial charge in [0.15, 0.2) is 0 Å². The molecule has 2 atom stereocenters. The minimum Gasteiger partial charge on any atom is -0.383 e. The van der Waals surface area contributed by atoms with Gasteiger partial charge in [-0.25, -0.2) is 0 Å². The van der Waals surface area contributed by atoms with Gasteiger partial charge in [0.05, 0.1) is 12.6 Å². The summed E-state index contributed by atoms with van der Waals surface area (Å²) in [5.41, 5.74) is 0. The second-order valence-corrected chi connectivity index (χ2v) is 5.79. The van der Waals surface area contributed by atoms with Gasteiger partial charge in [-0.1, -0.05) is 6.92 Å². The Morgan fingerprint density at radius 3 is 2.72 bits per heavy atom. The summed E-state index contributed by atoms with van der Waals surface area (Å²) in [6.07, 6.45) is 4.03. The van der Waals surface area contributed by atoms with E-state index in [2.05, 4.69) is 5.32 Å². The molecule has 1 amide bonds. The first-order valence-electron chi connectivity index (χ1n) is 6.55. The van der Waals surface area contributed by atoms with Crippen LogP contribution >= 0.6 is 11.8 Å². The van der Waals surface area contributed by atoms with Crippen LogP contribution in [0.3, 0.4) is 0 Å². The summed E-state index contributed by atoms with van der Waals surface area (Å²) >= 11 is 1.70. The Bertz CT molecular complexity index is 244. The molecule has 1 aliphatic heterocycles. The first kappa shape index (κ1) is 15.8. The van der Waals surface area contributed by atoms with E-state index < -0.39 is 0 Å². The lowest BCUT2D eigenvalue weighted by Crippen LogP contribution is -2.47. The van der Waals surface area contributed by atoms with Crippen molar-refractivity contribution in [3.8, 4) is 0 Å². The monoisotopic (exact) mass is 275 g/mol. The molecule has 0 aliphatic carbocycles. The van der Waals surface area contributed by atoms with Crippen LogP contribution in [0.2, 0.25) is 0 Å². The molecule has 0 radical (unpaired) electrons. The summed E-state index contributed by atoms with van der Waals surface area (Å²) in [5, 5.41) is 3.14. The summed E-state index contributed by atoms with van der Waals surface area (Å²) < 4.78 is 10.6. The van der Waals surface area contributed by atoms with Crippen molar-refractivity contribution in [2.75, 3.05) is 38.9 Å². The zero-order valence-corrected chi connectivity index (χ0v) is 12.4. The number of hydrogen-bond acceptors (Lipinski definition) is 4. The molecule has 1 saturated heterocycles. The normalized spacial score (nSPS) is 20.4. The van der Waals surface area contributed by atoms with Gasteiger partial charge in [-0.2, -0.15) is 11.8 Å². The largest absolute Gasteiger partial charge is 0.383 e. The number of carbonyl (C=O) groups is 1. The first-order chi connectivity index (χ1) is 8.69. The summed E-state index contributed by atoms with van der Waals surface area (Å²) in [5.74, 6) is 1.53. The van der Waals surface area contributed by atoms with Crippen LogP contribution in [0.15, 0.2) is 0 Å². The van der Waals surface area contributed by atoms with Gasteiger partial charge in [-0.05, 0) is 25.0 Å². The molecule has 4 nitrogen and oxygen atoms in total. The number of methoxy groups -OCH3 is 1. The average Bonchev–Trinajstić information content (AvgIpc) is 2.39. The molecule has 1 rings (SSSR count). The van der Waals surface area contributed by atoms with Crippen molar-refractivity contribution in [2.45, 2.75) is 25.8 Å². The fraction of sp³-hybridized carbons (Fsp3) is 0.923. The maximum absolute atomic E-state index is 12.0. The molecule has 0 spiro atoms. The number of carbonyl (C=O) groups excluding carboxylic acids is 1. The van der Waals surface area contributed by atoms with Crippen LogP contribution in [0.1, 0.15) is 19.8 Å². The summed E-state index contributed by atoms with van der Waals surface area (Å²) in [4.78, 5) is 12.0. The maximum atomic E-state index is 12.0. The summed E-state index contributed by atoms with van der Waals surface area (Å²) in [7, 11) is 1.68. The van der Waals surface area contributed by atoms with E-state index in [4.69, 9.17) is 9.47 Å². The molecule has 1 N–H and O–H groups in total. The third-order valence-corrected chi connectivity index (χ3v) is 4.21. The van der Waals surface area contributed by atoms with Crippen LogP contribution in [0, 0.1) is 11.8 Å². The Labute approximate surface area is 114 Å². The van der Waals surface area contributed by atoms with Gasteiger partial charge in [-0.15, -0.1) is 0 Å². The Morgan fingerprint density at radius 2 is 2.17 bits per heavy atom. The lowest BCUT2D eigenvalue weighted by atomic mass is 9.92. The van der Waals surface area contributed by atoms with Crippen LogP contribution in [0.4, 0.5) is 0 Å². The Kier molecular flexibility index (Phi) is 7.70. The molecule has 18 heavy (non-hydrogen) atoms. The molecule has 5 heteroatoms. The highest BCUT2D eigenvalue weighted by Crippen LogP contribution is 2.19. The van der Waals surface area contributed by atoms with E-state index in [1.54, 1.807) is 18.9 Å². The van der Waals surface area contributed by atoms with Gasteiger partial charge in [0.25, 0.3) is 0 Å². The number of hydrogen-bond donors (Lipinski definition) is 1. The zero-order chi connectivity index (χ0) is 13.4. The molecule has 106 valence electrons. The molecule has 0 aromatic carbocycles. The van der Waals surface area contributed by atoms with Crippen molar-refractivity contribution in [3.05, 3.63) is 0 Å². The molecular formula is C13H25NO3S. The molecule has 1 heterocycles. The van der Waals surface area contributed by atoms with Crippen molar-refractivity contribution in [1.82, 2.24) is 5.32 Å². The number of rotatable bonds is 7. The smallest absolute Gasteiger partial charge is 0.223 e. The van der Waals surface area contributed by atoms with Crippen molar-refractivity contribution < 1.29 is 14.3 Å². The SMILES string of the molecule is COCC(NC(=O)C(C)CSC)C1CCOCC1. The fourth-order valence-corrected chi connectivity index (χ4v) is 2.90. The highest BCUT2D eigenvalue weighted by atomic mass is 32.2. The first-order valence-corrected chi connectivity index (χ1v) is 7.94. The van der Waals surface area contributed by atoms with Gasteiger partial charge in [-0.3, -0.25) is 4.79 Å². The van der Waals surface area contributed by atoms with Gasteiger partial charge in [0.2, 0.25) is 5.91 Å². The molecule has 0 saturated carbocycles. The lowest BCUT2D eigenvalue weighted by molar-refractivity contribution is -0.125. The third kappa shape index (κ3) is 5.16. The van der Waals surface area contributed by atoms with Gasteiger partial charge < -0.3 is 14.8 Å². The van der Waals surface area contributed by atoms with Crippen LogP contribution in [-0.2, 0) is 14.3 Å². The molecule has 1 aliphatic rings. The van der Waals surface area contributed by atoms with E-state index in [0.29, 0.717) is 12.5 Å². The van der Waals surface area contributed by atoms with E-state index >= 15 is 0 Å². The molecule has 0 aromatic heterocycles. The van der Waals surface area contributed by atoms with Crippen molar-refractivity contribution in [1.29, 1.82) is 0 Å². The Hall–Kier alpha value is -0.260. The second kappa shape index (κ2) is 8.77. The molecule has 2 unspecified atom stereocenters. The number of amides is 1. The standard InChI is InChI=1S/C13H25NO3S/c1-10(9-18-3)13(15)14-12(8-16-2)11-4-6-17-7-5-11/h10-12H,4-9H2,1-3H3,(H,14,15). The van der Waals surface area contributed by atoms with Crippen molar-refractivity contribution in [3.63, 3.8) is 0 Å². The molecule has 0 aromatic rings. The van der Waals surface area contributed by atoms with E-state index in [1.165, 1.54) is 0 Å². The second-order valence-electron chi connectivity index (χ2n) is 4.88. The lowest BCUT2D eigenvalue weighted by Gasteiger charge is -2.31. The average molecular weight is 275 g/mol. The highest BCUT2D eigenvalue weighted by Gasteiger charge is 2.26. The predicted octanol–water partition coefficient (Wildman–Crippen LogP) is 1.54. The summed E-state index contributed by atoms with van der Waals surface area (Å²) in [6, 6.07) is 0.121. The number of thioether (sulfide) groups is 1. The Morgan fingerprint density at radius 1 is 1.50 bits per heavy atom. The van der Waals surface area contributed by atoms with E-state index in [-0.39, 0.29) is 17.9 Å². The fourth-order valence-electron chi connectivity index (χ4n) is 2.24. The van der Waals surface area contributed by atoms with Gasteiger partial charge in [0.1, 0.15) is 0 Å². The Balaban J connectivity index is 2.47. The molecular weight excluding hydrogens is 250 g/mol. The zero-order valence-electron chi connectivity index (χ0n) is 11.6. The number of ether oxygens (including phenoxy) is 2. The predicted molar refractivity (Wildman–Crippen MR) is 74.9 cm³/mol. The third-order valence-electron chi connectivity index (χ3n) is 3.37. The quantitative estimate of drug-likeness (QED) is 0.766. The van der Waals surface area contributed by atoms with E-state index in [9.17, 15) is 4.79 Å². The van der Waals surface area contributed by atoms with Crippen LogP contribution in [0.25, 0.3) is 0 Å². The molecule has 0 bridgehead atoms. The highest BCUT2D eigenvalue weighted by molar-refractivity contribution is 7.98. The topological polar surface area (TPSA) is 47.6 Å². The van der Waals surface area contributed by atoms with Gasteiger partial charge in [0, 0.05) is 32.0 Å². The van der Waals surface area contributed by atoms with Crippen LogP contribution in [-0.4, -0.2) is 50.9 Å². The van der Waals surface area contributed by atoms with Gasteiger partial charge >= 0.3 is 0 Å². The van der Waals surface area contributed by atoms with Crippen molar-refractivity contribution in [2.24, 2.45) is 11.8 Å². The number of nitrogens with one attached hydrogen (secondary N) is 1.